The van der Waals surface area contributed by atoms with Gasteiger partial charge in [0.2, 0.25) is 5.91 Å². The highest BCUT2D eigenvalue weighted by Gasteiger charge is 2.08. The molecule has 0 heterocycles. The molecule has 23 heavy (non-hydrogen) atoms. The molecule has 1 amide bonds. The Balaban J connectivity index is 1.99. The average molecular weight is 332 g/mol. The van der Waals surface area contributed by atoms with Gasteiger partial charge in [-0.25, -0.2) is 8.42 Å². The molecule has 0 aliphatic carbocycles. The van der Waals surface area contributed by atoms with Crippen LogP contribution in [-0.4, -0.2) is 27.1 Å². The van der Waals surface area contributed by atoms with Gasteiger partial charge in [-0.2, -0.15) is 0 Å². The number of benzene rings is 2. The lowest BCUT2D eigenvalue weighted by molar-refractivity contribution is -0.114. The molecule has 0 bridgehead atoms. The first kappa shape index (κ1) is 17.0. The van der Waals surface area contributed by atoms with Crippen molar-refractivity contribution < 1.29 is 13.2 Å². The first-order valence-electron chi connectivity index (χ1n) is 7.17. The van der Waals surface area contributed by atoms with E-state index in [4.69, 9.17) is 0 Å². The van der Waals surface area contributed by atoms with Crippen molar-refractivity contribution in [2.24, 2.45) is 0 Å². The normalized spacial score (nSPS) is 11.1. The number of hydrogen-bond acceptors (Lipinski definition) is 4. The zero-order valence-corrected chi connectivity index (χ0v) is 14.2. The summed E-state index contributed by atoms with van der Waals surface area (Å²) in [5.74, 6) is -0.193. The topological polar surface area (TPSA) is 75.3 Å². The Morgan fingerprint density at radius 1 is 1.09 bits per heavy atom. The molecule has 2 rings (SSSR count). The highest BCUT2D eigenvalue weighted by Crippen LogP contribution is 2.17. The standard InChI is InChI=1S/C17H20N2O3S/c1-12-7-8-16(13(2)9-12)19-17(20)11-18-14-5-4-6-15(10-14)23(3,21)22/h4-10,18H,11H2,1-3H3,(H,19,20). The number of rotatable bonds is 5. The molecular formula is C17H20N2O3S. The Kier molecular flexibility index (Phi) is 5.05. The Morgan fingerprint density at radius 2 is 1.83 bits per heavy atom. The van der Waals surface area contributed by atoms with Gasteiger partial charge in [-0.1, -0.05) is 23.8 Å². The largest absolute Gasteiger partial charge is 0.376 e. The van der Waals surface area contributed by atoms with Crippen LogP contribution in [0.4, 0.5) is 11.4 Å². The van der Waals surface area contributed by atoms with Crippen molar-refractivity contribution in [2.45, 2.75) is 18.7 Å². The van der Waals surface area contributed by atoms with Crippen LogP contribution in [-0.2, 0) is 14.6 Å². The average Bonchev–Trinajstić information content (AvgIpc) is 2.47. The quantitative estimate of drug-likeness (QED) is 0.883. The lowest BCUT2D eigenvalue weighted by Crippen LogP contribution is -2.22. The zero-order valence-electron chi connectivity index (χ0n) is 13.4. The van der Waals surface area contributed by atoms with Crippen LogP contribution in [0, 0.1) is 13.8 Å². The second-order valence-corrected chi connectivity index (χ2v) is 7.54. The van der Waals surface area contributed by atoms with Crippen molar-refractivity contribution in [3.05, 3.63) is 53.6 Å². The molecule has 0 spiro atoms. The SMILES string of the molecule is Cc1ccc(NC(=O)CNc2cccc(S(C)(=O)=O)c2)c(C)c1. The van der Waals surface area contributed by atoms with Gasteiger partial charge in [-0.15, -0.1) is 0 Å². The summed E-state index contributed by atoms with van der Waals surface area (Å²) >= 11 is 0. The smallest absolute Gasteiger partial charge is 0.243 e. The molecule has 6 heteroatoms. The van der Waals surface area contributed by atoms with Crippen LogP contribution < -0.4 is 10.6 Å². The maximum absolute atomic E-state index is 12.0. The van der Waals surface area contributed by atoms with Crippen LogP contribution in [0.25, 0.3) is 0 Å². The molecule has 0 unspecified atom stereocenters. The first-order valence-corrected chi connectivity index (χ1v) is 9.06. The second-order valence-electron chi connectivity index (χ2n) is 5.52. The summed E-state index contributed by atoms with van der Waals surface area (Å²) in [6.45, 7) is 3.99. The predicted octanol–water partition coefficient (Wildman–Crippen LogP) is 2.76. The Hall–Kier alpha value is -2.34. The molecule has 0 aliphatic heterocycles. The fourth-order valence-electron chi connectivity index (χ4n) is 2.17. The van der Waals surface area contributed by atoms with E-state index in [1.54, 1.807) is 12.1 Å². The van der Waals surface area contributed by atoms with Crippen LogP contribution in [0.3, 0.4) is 0 Å². The third-order valence-corrected chi connectivity index (χ3v) is 4.48. The van der Waals surface area contributed by atoms with Gasteiger partial charge in [-0.05, 0) is 43.7 Å². The summed E-state index contributed by atoms with van der Waals surface area (Å²) in [4.78, 5) is 12.2. The van der Waals surface area contributed by atoms with E-state index in [-0.39, 0.29) is 17.3 Å². The third kappa shape index (κ3) is 4.82. The first-order chi connectivity index (χ1) is 10.8. The summed E-state index contributed by atoms with van der Waals surface area (Å²) in [6, 6.07) is 12.2. The number of carbonyl (C=O) groups is 1. The maximum atomic E-state index is 12.0. The molecule has 0 radical (unpaired) electrons. The number of carbonyl (C=O) groups excluding carboxylic acids is 1. The molecule has 2 N–H and O–H groups in total. The lowest BCUT2D eigenvalue weighted by atomic mass is 10.1. The molecule has 0 atom stereocenters. The van der Waals surface area contributed by atoms with Gasteiger partial charge in [0.15, 0.2) is 9.84 Å². The number of hydrogen-bond donors (Lipinski definition) is 2. The van der Waals surface area contributed by atoms with E-state index in [9.17, 15) is 13.2 Å². The molecule has 0 aromatic heterocycles. The van der Waals surface area contributed by atoms with Gasteiger partial charge in [0.05, 0.1) is 11.4 Å². The van der Waals surface area contributed by atoms with Crippen LogP contribution in [0.2, 0.25) is 0 Å². The van der Waals surface area contributed by atoms with Crippen molar-refractivity contribution in [3.8, 4) is 0 Å². The van der Waals surface area contributed by atoms with Crippen LogP contribution in [0.5, 0.6) is 0 Å². The summed E-state index contributed by atoms with van der Waals surface area (Å²) < 4.78 is 23.0. The monoisotopic (exact) mass is 332 g/mol. The summed E-state index contributed by atoms with van der Waals surface area (Å²) in [6.07, 6.45) is 1.15. The minimum atomic E-state index is -3.26. The van der Waals surface area contributed by atoms with Crippen molar-refractivity contribution in [1.82, 2.24) is 0 Å². The fraction of sp³-hybridized carbons (Fsp3) is 0.235. The van der Waals surface area contributed by atoms with Crippen molar-refractivity contribution in [1.29, 1.82) is 0 Å². The highest BCUT2D eigenvalue weighted by molar-refractivity contribution is 7.90. The number of aryl methyl sites for hydroxylation is 2. The molecular weight excluding hydrogens is 312 g/mol. The Labute approximate surface area is 136 Å². The Bertz CT molecular complexity index is 829. The van der Waals surface area contributed by atoms with E-state index in [1.165, 1.54) is 12.1 Å². The van der Waals surface area contributed by atoms with E-state index >= 15 is 0 Å². The van der Waals surface area contributed by atoms with E-state index in [0.29, 0.717) is 5.69 Å². The van der Waals surface area contributed by atoms with Crippen LogP contribution >= 0.6 is 0 Å². The molecule has 0 aliphatic rings. The highest BCUT2D eigenvalue weighted by atomic mass is 32.2. The fourth-order valence-corrected chi connectivity index (χ4v) is 2.83. The van der Waals surface area contributed by atoms with Gasteiger partial charge < -0.3 is 10.6 Å². The van der Waals surface area contributed by atoms with Gasteiger partial charge in [0, 0.05) is 17.6 Å². The van der Waals surface area contributed by atoms with E-state index in [2.05, 4.69) is 10.6 Å². The summed E-state index contributed by atoms with van der Waals surface area (Å²) in [5.41, 5.74) is 3.49. The Morgan fingerprint density at radius 3 is 2.48 bits per heavy atom. The molecule has 122 valence electrons. The number of sulfone groups is 1. The van der Waals surface area contributed by atoms with Crippen molar-refractivity contribution >= 4 is 27.1 Å². The minimum absolute atomic E-state index is 0.0561. The molecule has 2 aromatic rings. The minimum Gasteiger partial charge on any atom is -0.376 e. The molecule has 0 saturated carbocycles. The van der Waals surface area contributed by atoms with E-state index in [0.717, 1.165) is 23.1 Å². The lowest BCUT2D eigenvalue weighted by Gasteiger charge is -2.11. The molecule has 5 nitrogen and oxygen atoms in total. The number of nitrogens with one attached hydrogen (secondary N) is 2. The second kappa shape index (κ2) is 6.83. The number of amides is 1. The molecule has 0 fully saturated rings. The van der Waals surface area contributed by atoms with Gasteiger partial charge in [-0.3, -0.25) is 4.79 Å². The van der Waals surface area contributed by atoms with Crippen LogP contribution in [0.15, 0.2) is 47.4 Å². The summed E-state index contributed by atoms with van der Waals surface area (Å²) in [7, 11) is -3.26. The molecule has 0 saturated heterocycles. The van der Waals surface area contributed by atoms with E-state index in [1.807, 2.05) is 32.0 Å². The predicted molar refractivity (Wildman–Crippen MR) is 92.6 cm³/mol. The maximum Gasteiger partial charge on any atom is 0.243 e. The van der Waals surface area contributed by atoms with Crippen LogP contribution in [0.1, 0.15) is 11.1 Å². The van der Waals surface area contributed by atoms with Gasteiger partial charge in [0.1, 0.15) is 0 Å². The van der Waals surface area contributed by atoms with Gasteiger partial charge >= 0.3 is 0 Å². The summed E-state index contributed by atoms with van der Waals surface area (Å²) in [5, 5.41) is 5.76. The van der Waals surface area contributed by atoms with Crippen molar-refractivity contribution in [2.75, 3.05) is 23.4 Å². The number of anilines is 2. The molecule has 2 aromatic carbocycles. The van der Waals surface area contributed by atoms with Crippen molar-refractivity contribution in [3.63, 3.8) is 0 Å². The van der Waals surface area contributed by atoms with Gasteiger partial charge in [0.25, 0.3) is 0 Å². The zero-order chi connectivity index (χ0) is 17.0. The van der Waals surface area contributed by atoms with E-state index < -0.39 is 9.84 Å². The third-order valence-electron chi connectivity index (χ3n) is 3.37.